The summed E-state index contributed by atoms with van der Waals surface area (Å²) in [6, 6.07) is 14.8. The van der Waals surface area contributed by atoms with Crippen molar-refractivity contribution >= 4 is 52.2 Å². The average molecular weight is 594 g/mol. The van der Waals surface area contributed by atoms with Crippen molar-refractivity contribution in [3.8, 4) is 5.75 Å². The summed E-state index contributed by atoms with van der Waals surface area (Å²) in [5.41, 5.74) is 7.30. The number of halogens is 1. The Bertz CT molecular complexity index is 1420. The van der Waals surface area contributed by atoms with E-state index in [4.69, 9.17) is 4.74 Å². The lowest BCUT2D eigenvalue weighted by molar-refractivity contribution is -0.122. The summed E-state index contributed by atoms with van der Waals surface area (Å²) >= 11 is 2.25. The summed E-state index contributed by atoms with van der Waals surface area (Å²) < 4.78 is 6.64. The maximum atomic E-state index is 13.4. The first-order valence-electron chi connectivity index (χ1n) is 11.5. The van der Waals surface area contributed by atoms with Crippen molar-refractivity contribution in [1.29, 1.82) is 0 Å². The van der Waals surface area contributed by atoms with Crippen molar-refractivity contribution in [3.63, 3.8) is 0 Å². The van der Waals surface area contributed by atoms with E-state index in [1.807, 2.05) is 32.0 Å². The maximum Gasteiger partial charge on any atom is 0.335 e. The molecule has 4 amide bonds. The van der Waals surface area contributed by atoms with Crippen LogP contribution in [0.5, 0.6) is 5.75 Å². The van der Waals surface area contributed by atoms with Gasteiger partial charge in [-0.15, -0.1) is 0 Å². The van der Waals surface area contributed by atoms with Gasteiger partial charge in [-0.3, -0.25) is 14.9 Å². The zero-order valence-corrected chi connectivity index (χ0v) is 23.0. The molecule has 0 unspecified atom stereocenters. The smallest absolute Gasteiger partial charge is 0.335 e. The average Bonchev–Trinajstić information content (AvgIpc) is 2.80. The minimum absolute atomic E-state index is 0.115. The number of methoxy groups -OCH3 is 1. The van der Waals surface area contributed by atoms with Crippen molar-refractivity contribution in [2.24, 2.45) is 0 Å². The number of barbiturate groups is 1. The molecule has 0 aromatic heterocycles. The van der Waals surface area contributed by atoms with Gasteiger partial charge in [0.15, 0.2) is 0 Å². The largest absolute Gasteiger partial charge is 0.496 e. The van der Waals surface area contributed by atoms with Gasteiger partial charge in [-0.05, 0) is 96.8 Å². The second-order valence-corrected chi connectivity index (χ2v) is 10.2. The standard InChI is InChI=1S/C29H27IN2O4/c1-16-9-17(2)11-20(10-16)12-22-24(30)14-21(15-26(22)36-5)13-23-27(33)31-29(35)32(28(23)34)25-8-6-7-18(3)19(25)4/h6-11,13-15H,12H2,1-5H3,(H,31,33,35)/b23-13+. The number of nitrogens with one attached hydrogen (secondary N) is 1. The van der Waals surface area contributed by atoms with Crippen LogP contribution in [0.1, 0.15) is 38.9 Å². The monoisotopic (exact) mass is 594 g/mol. The highest BCUT2D eigenvalue weighted by atomic mass is 127. The fraction of sp³-hybridized carbons (Fsp3) is 0.207. The van der Waals surface area contributed by atoms with E-state index in [-0.39, 0.29) is 5.57 Å². The van der Waals surface area contributed by atoms with Gasteiger partial charge in [0.1, 0.15) is 11.3 Å². The van der Waals surface area contributed by atoms with Gasteiger partial charge in [0.05, 0.1) is 12.8 Å². The first-order chi connectivity index (χ1) is 17.1. The third kappa shape index (κ3) is 5.06. The fourth-order valence-corrected chi connectivity index (χ4v) is 5.28. The van der Waals surface area contributed by atoms with Gasteiger partial charge in [0.25, 0.3) is 11.8 Å². The van der Waals surface area contributed by atoms with Crippen LogP contribution >= 0.6 is 22.6 Å². The number of urea groups is 1. The third-order valence-corrected chi connectivity index (χ3v) is 7.25. The van der Waals surface area contributed by atoms with E-state index in [1.165, 1.54) is 22.8 Å². The van der Waals surface area contributed by atoms with Crippen LogP contribution in [-0.4, -0.2) is 25.0 Å². The molecule has 3 aromatic carbocycles. The summed E-state index contributed by atoms with van der Waals surface area (Å²) in [6.07, 6.45) is 2.20. The molecule has 1 aliphatic heterocycles. The third-order valence-electron chi connectivity index (χ3n) is 6.29. The first-order valence-corrected chi connectivity index (χ1v) is 12.6. The predicted molar refractivity (Wildman–Crippen MR) is 149 cm³/mol. The molecule has 1 N–H and O–H groups in total. The Balaban J connectivity index is 1.73. The van der Waals surface area contributed by atoms with E-state index in [1.54, 1.807) is 19.2 Å². The van der Waals surface area contributed by atoms with Crippen LogP contribution < -0.4 is 15.0 Å². The Morgan fingerprint density at radius 3 is 2.33 bits per heavy atom. The van der Waals surface area contributed by atoms with Crippen LogP contribution in [-0.2, 0) is 16.0 Å². The molecule has 0 radical (unpaired) electrons. The molecular weight excluding hydrogens is 567 g/mol. The number of imide groups is 2. The topological polar surface area (TPSA) is 75.7 Å². The number of aryl methyl sites for hydroxylation is 3. The van der Waals surface area contributed by atoms with Gasteiger partial charge in [-0.25, -0.2) is 9.69 Å². The van der Waals surface area contributed by atoms with Crippen LogP contribution in [0.4, 0.5) is 10.5 Å². The molecule has 0 spiro atoms. The summed E-state index contributed by atoms with van der Waals surface area (Å²) in [6.45, 7) is 7.90. The van der Waals surface area contributed by atoms with Gasteiger partial charge >= 0.3 is 6.03 Å². The normalized spacial score (nSPS) is 14.9. The molecule has 6 nitrogen and oxygen atoms in total. The zero-order chi connectivity index (χ0) is 26.1. The minimum atomic E-state index is -0.758. The fourth-order valence-electron chi connectivity index (χ4n) is 4.46. The molecule has 1 saturated heterocycles. The number of hydrogen-bond donors (Lipinski definition) is 1. The first kappa shape index (κ1) is 25.6. The number of amides is 4. The van der Waals surface area contributed by atoms with Crippen molar-refractivity contribution < 1.29 is 19.1 Å². The second-order valence-electron chi connectivity index (χ2n) is 9.03. The lowest BCUT2D eigenvalue weighted by Gasteiger charge is -2.28. The highest BCUT2D eigenvalue weighted by molar-refractivity contribution is 14.1. The minimum Gasteiger partial charge on any atom is -0.496 e. The molecule has 36 heavy (non-hydrogen) atoms. The zero-order valence-electron chi connectivity index (χ0n) is 20.9. The molecular formula is C29H27IN2O4. The summed E-state index contributed by atoms with van der Waals surface area (Å²) in [4.78, 5) is 39.7. The molecule has 1 heterocycles. The predicted octanol–water partition coefficient (Wildman–Crippen LogP) is 5.79. The summed E-state index contributed by atoms with van der Waals surface area (Å²) in [7, 11) is 1.60. The van der Waals surface area contributed by atoms with Crippen molar-refractivity contribution in [2.45, 2.75) is 34.1 Å². The number of hydrogen-bond acceptors (Lipinski definition) is 4. The number of rotatable bonds is 5. The number of nitrogens with zero attached hydrogens (tertiary/aromatic N) is 1. The van der Waals surface area contributed by atoms with E-state index in [9.17, 15) is 14.4 Å². The Labute approximate surface area is 224 Å². The number of carbonyl (C=O) groups is 3. The molecule has 4 rings (SSSR count). The Morgan fingerprint density at radius 2 is 1.67 bits per heavy atom. The summed E-state index contributed by atoms with van der Waals surface area (Å²) in [5.74, 6) is -0.718. The Kier molecular flexibility index (Phi) is 7.31. The lowest BCUT2D eigenvalue weighted by atomic mass is 9.98. The van der Waals surface area contributed by atoms with Crippen LogP contribution in [0.15, 0.2) is 54.1 Å². The quantitative estimate of drug-likeness (QED) is 0.231. The SMILES string of the molecule is COc1cc(/C=C2\C(=O)NC(=O)N(c3cccc(C)c3C)C2=O)cc(I)c1Cc1cc(C)cc(C)c1. The maximum absolute atomic E-state index is 13.4. The van der Waals surface area contributed by atoms with E-state index < -0.39 is 17.8 Å². The van der Waals surface area contributed by atoms with E-state index in [0.717, 1.165) is 25.2 Å². The van der Waals surface area contributed by atoms with Crippen molar-refractivity contribution in [2.75, 3.05) is 12.0 Å². The van der Waals surface area contributed by atoms with Crippen LogP contribution in [0.25, 0.3) is 6.08 Å². The van der Waals surface area contributed by atoms with Gasteiger partial charge in [-0.1, -0.05) is 41.5 Å². The number of benzene rings is 3. The van der Waals surface area contributed by atoms with Gasteiger partial charge < -0.3 is 4.74 Å². The molecule has 184 valence electrons. The highest BCUT2D eigenvalue weighted by Crippen LogP contribution is 2.31. The van der Waals surface area contributed by atoms with E-state index in [2.05, 4.69) is 60.0 Å². The second kappa shape index (κ2) is 10.3. The number of anilines is 1. The highest BCUT2D eigenvalue weighted by Gasteiger charge is 2.37. The lowest BCUT2D eigenvalue weighted by Crippen LogP contribution is -2.54. The molecule has 0 saturated carbocycles. The molecule has 1 fully saturated rings. The van der Waals surface area contributed by atoms with E-state index >= 15 is 0 Å². The van der Waals surface area contributed by atoms with Gasteiger partial charge in [-0.2, -0.15) is 0 Å². The molecule has 0 bridgehead atoms. The van der Waals surface area contributed by atoms with Crippen LogP contribution in [0, 0.1) is 31.3 Å². The van der Waals surface area contributed by atoms with Crippen LogP contribution in [0.2, 0.25) is 0 Å². The van der Waals surface area contributed by atoms with Gasteiger partial charge in [0, 0.05) is 15.6 Å². The number of ether oxygens (including phenoxy) is 1. The van der Waals surface area contributed by atoms with Crippen LogP contribution in [0.3, 0.4) is 0 Å². The molecule has 3 aromatic rings. The van der Waals surface area contributed by atoms with Crippen molar-refractivity contribution in [1.82, 2.24) is 5.32 Å². The Morgan fingerprint density at radius 1 is 0.972 bits per heavy atom. The number of carbonyl (C=O) groups excluding carboxylic acids is 3. The molecule has 7 heteroatoms. The summed E-state index contributed by atoms with van der Waals surface area (Å²) in [5, 5.41) is 2.30. The molecule has 0 aliphatic carbocycles. The van der Waals surface area contributed by atoms with E-state index in [0.29, 0.717) is 23.4 Å². The van der Waals surface area contributed by atoms with Crippen molar-refractivity contribution in [3.05, 3.63) is 96.6 Å². The Hall–Kier alpha value is -3.46. The van der Waals surface area contributed by atoms with Gasteiger partial charge in [0.2, 0.25) is 0 Å². The molecule has 1 aliphatic rings. The molecule has 0 atom stereocenters.